The molecule has 5 heteroatoms. The van der Waals surface area contributed by atoms with Crippen molar-refractivity contribution in [1.82, 2.24) is 0 Å². The maximum absolute atomic E-state index is 12.1. The summed E-state index contributed by atoms with van der Waals surface area (Å²) in [5.41, 5.74) is 0.205. The van der Waals surface area contributed by atoms with Gasteiger partial charge in [-0.2, -0.15) is 0 Å². The largest absolute Gasteiger partial charge is 0.461 e. The zero-order chi connectivity index (χ0) is 14.9. The third-order valence-electron chi connectivity index (χ3n) is 4.00. The molecule has 1 aromatic rings. The minimum Gasteiger partial charge on any atom is -0.461 e. The second-order valence-electron chi connectivity index (χ2n) is 5.94. The number of halogens is 3. The fourth-order valence-electron chi connectivity index (χ4n) is 2.34. The summed E-state index contributed by atoms with van der Waals surface area (Å²) in [4.78, 5) is 12.1. The number of esters is 1. The molecule has 0 radical (unpaired) electrons. The van der Waals surface area contributed by atoms with Gasteiger partial charge in [-0.3, -0.25) is 0 Å². The minimum absolute atomic E-state index is 0.0112. The van der Waals surface area contributed by atoms with Gasteiger partial charge in [-0.15, -0.1) is 0 Å². The van der Waals surface area contributed by atoms with Crippen molar-refractivity contribution in [1.29, 1.82) is 0 Å². The highest BCUT2D eigenvalue weighted by Crippen LogP contribution is 2.42. The summed E-state index contributed by atoms with van der Waals surface area (Å²) in [6.07, 6.45) is 3.67. The zero-order valence-corrected chi connectivity index (χ0v) is 13.8. The first-order valence-corrected chi connectivity index (χ1v) is 7.76. The summed E-state index contributed by atoms with van der Waals surface area (Å²) in [7, 11) is 0. The molecule has 0 heterocycles. The Bertz CT molecular complexity index is 522. The predicted octanol–water partition coefficient (Wildman–Crippen LogP) is 5.63. The van der Waals surface area contributed by atoms with Crippen LogP contribution in [0.5, 0.6) is 0 Å². The van der Waals surface area contributed by atoms with Crippen molar-refractivity contribution in [2.24, 2.45) is 11.3 Å². The second kappa shape index (κ2) is 6.13. The molecular formula is C15H17Cl3O2. The number of hydrogen-bond donors (Lipinski definition) is 0. The van der Waals surface area contributed by atoms with Crippen LogP contribution >= 0.6 is 34.8 Å². The molecule has 1 aliphatic rings. The fourth-order valence-corrected chi connectivity index (χ4v) is 3.02. The van der Waals surface area contributed by atoms with Crippen molar-refractivity contribution in [3.05, 3.63) is 32.8 Å². The Kier molecular flexibility index (Phi) is 4.88. The van der Waals surface area contributed by atoms with Crippen LogP contribution < -0.4 is 0 Å². The first-order valence-electron chi connectivity index (χ1n) is 6.63. The summed E-state index contributed by atoms with van der Waals surface area (Å²) in [5.74, 6) is 0.139. The van der Waals surface area contributed by atoms with Crippen molar-refractivity contribution >= 4 is 40.8 Å². The molecule has 0 aromatic heterocycles. The number of rotatable bonds is 4. The lowest BCUT2D eigenvalue weighted by Crippen LogP contribution is -2.34. The molecule has 0 saturated heterocycles. The van der Waals surface area contributed by atoms with Gasteiger partial charge < -0.3 is 4.74 Å². The monoisotopic (exact) mass is 334 g/mol. The molecule has 0 amide bonds. The van der Waals surface area contributed by atoms with Gasteiger partial charge in [0.1, 0.15) is 0 Å². The Morgan fingerprint density at radius 3 is 2.50 bits per heavy atom. The van der Waals surface area contributed by atoms with Crippen LogP contribution in [0.2, 0.25) is 15.1 Å². The molecule has 1 fully saturated rings. The Morgan fingerprint density at radius 1 is 1.30 bits per heavy atom. The average molecular weight is 336 g/mol. The average Bonchev–Trinajstić information content (AvgIpc) is 2.28. The summed E-state index contributed by atoms with van der Waals surface area (Å²) in [5, 5.41) is 0.802. The molecular weight excluding hydrogens is 319 g/mol. The van der Waals surface area contributed by atoms with Crippen molar-refractivity contribution in [2.45, 2.75) is 33.1 Å². The minimum atomic E-state index is -0.480. The zero-order valence-electron chi connectivity index (χ0n) is 11.5. The highest BCUT2D eigenvalue weighted by Gasteiger charge is 2.35. The number of carbonyl (C=O) groups is 1. The van der Waals surface area contributed by atoms with E-state index in [1.54, 1.807) is 0 Å². The Labute approximate surface area is 134 Å². The molecule has 0 atom stereocenters. The van der Waals surface area contributed by atoms with E-state index in [4.69, 9.17) is 39.5 Å². The Hall–Kier alpha value is -0.440. The maximum atomic E-state index is 12.1. The van der Waals surface area contributed by atoms with Crippen molar-refractivity contribution in [2.75, 3.05) is 6.61 Å². The van der Waals surface area contributed by atoms with Crippen molar-refractivity contribution in [3.63, 3.8) is 0 Å². The second-order valence-corrected chi connectivity index (χ2v) is 7.16. The Morgan fingerprint density at radius 2 is 1.95 bits per heavy atom. The normalized spacial score (nSPS) is 15.8. The van der Waals surface area contributed by atoms with Crippen LogP contribution in [0.1, 0.15) is 43.5 Å². The lowest BCUT2D eigenvalue weighted by Gasteiger charge is -2.39. The summed E-state index contributed by atoms with van der Waals surface area (Å²) in [6.45, 7) is 4.62. The summed E-state index contributed by atoms with van der Waals surface area (Å²) < 4.78 is 5.40. The number of ether oxygens (including phenoxy) is 1. The van der Waals surface area contributed by atoms with Gasteiger partial charge in [0.25, 0.3) is 0 Å². The summed E-state index contributed by atoms with van der Waals surface area (Å²) in [6, 6.07) is 2.98. The van der Waals surface area contributed by atoms with Gasteiger partial charge in [-0.25, -0.2) is 4.79 Å². The third kappa shape index (κ3) is 3.41. The molecule has 0 unspecified atom stereocenters. The number of hydrogen-bond acceptors (Lipinski definition) is 2. The van der Waals surface area contributed by atoms with Crippen LogP contribution in [-0.2, 0) is 4.74 Å². The first kappa shape index (κ1) is 15.9. The smallest absolute Gasteiger partial charge is 0.339 e. The maximum Gasteiger partial charge on any atom is 0.339 e. The quantitative estimate of drug-likeness (QED) is 0.526. The van der Waals surface area contributed by atoms with E-state index in [1.807, 2.05) is 0 Å². The Balaban J connectivity index is 2.05. The molecule has 110 valence electrons. The fraction of sp³-hybridized carbons (Fsp3) is 0.533. The van der Waals surface area contributed by atoms with Crippen LogP contribution in [0.15, 0.2) is 12.1 Å². The third-order valence-corrected chi connectivity index (χ3v) is 5.02. The van der Waals surface area contributed by atoms with Gasteiger partial charge in [-0.05, 0) is 30.9 Å². The molecule has 20 heavy (non-hydrogen) atoms. The molecule has 1 aromatic carbocycles. The molecule has 1 saturated carbocycles. The van der Waals surface area contributed by atoms with Gasteiger partial charge in [0.05, 0.1) is 22.2 Å². The molecule has 0 N–H and O–H groups in total. The number of carbonyl (C=O) groups excluding carboxylic acids is 1. The first-order chi connectivity index (χ1) is 9.31. The van der Waals surface area contributed by atoms with E-state index in [1.165, 1.54) is 31.4 Å². The highest BCUT2D eigenvalue weighted by atomic mass is 35.5. The van der Waals surface area contributed by atoms with Gasteiger partial charge in [0.15, 0.2) is 0 Å². The van der Waals surface area contributed by atoms with Crippen LogP contribution in [0.25, 0.3) is 0 Å². The molecule has 1 aliphatic carbocycles. The summed E-state index contributed by atoms with van der Waals surface area (Å²) >= 11 is 17.8. The highest BCUT2D eigenvalue weighted by molar-refractivity contribution is 6.45. The standard InChI is InChI=1S/C15H17Cl3O2/c1-15(2,9-4-3-5-9)8-20-14(19)11-6-10(16)7-12(17)13(11)18/h6-7,9H,3-5,8H2,1-2H3. The van der Waals surface area contributed by atoms with Crippen LogP contribution in [0, 0.1) is 11.3 Å². The van der Waals surface area contributed by atoms with Gasteiger partial charge in [-0.1, -0.05) is 55.1 Å². The van der Waals surface area contributed by atoms with Crippen LogP contribution in [-0.4, -0.2) is 12.6 Å². The van der Waals surface area contributed by atoms with E-state index in [9.17, 15) is 4.79 Å². The van der Waals surface area contributed by atoms with Crippen LogP contribution in [0.3, 0.4) is 0 Å². The van der Waals surface area contributed by atoms with Gasteiger partial charge in [0, 0.05) is 10.4 Å². The molecule has 2 nitrogen and oxygen atoms in total. The van der Waals surface area contributed by atoms with Crippen molar-refractivity contribution < 1.29 is 9.53 Å². The van der Waals surface area contributed by atoms with E-state index in [-0.39, 0.29) is 21.0 Å². The van der Waals surface area contributed by atoms with E-state index in [0.717, 1.165) is 0 Å². The van der Waals surface area contributed by atoms with E-state index in [0.29, 0.717) is 17.5 Å². The SMILES string of the molecule is CC(C)(COC(=O)c1cc(Cl)cc(Cl)c1Cl)C1CCC1. The topological polar surface area (TPSA) is 26.3 Å². The van der Waals surface area contributed by atoms with E-state index >= 15 is 0 Å². The predicted molar refractivity (Wildman–Crippen MR) is 82.9 cm³/mol. The molecule has 0 aliphatic heterocycles. The van der Waals surface area contributed by atoms with E-state index in [2.05, 4.69) is 13.8 Å². The molecule has 0 spiro atoms. The van der Waals surface area contributed by atoms with Gasteiger partial charge >= 0.3 is 5.97 Å². The lowest BCUT2D eigenvalue weighted by atomic mass is 9.68. The molecule has 0 bridgehead atoms. The van der Waals surface area contributed by atoms with Gasteiger partial charge in [0.2, 0.25) is 0 Å². The lowest BCUT2D eigenvalue weighted by molar-refractivity contribution is 0.00743. The van der Waals surface area contributed by atoms with Crippen LogP contribution in [0.4, 0.5) is 0 Å². The molecule has 2 rings (SSSR count). The van der Waals surface area contributed by atoms with Crippen molar-refractivity contribution in [3.8, 4) is 0 Å². The van der Waals surface area contributed by atoms with E-state index < -0.39 is 5.97 Å². The number of benzene rings is 1.